The molecule has 0 spiro atoms. The molecule has 3 nitrogen and oxygen atoms in total. The van der Waals surface area contributed by atoms with E-state index >= 15 is 0 Å². The van der Waals surface area contributed by atoms with E-state index in [-0.39, 0.29) is 5.78 Å². The Morgan fingerprint density at radius 2 is 1.11 bits per heavy atom. The highest BCUT2D eigenvalue weighted by molar-refractivity contribution is 5.82. The minimum Gasteiger partial charge on any atom is -0.393 e. The van der Waals surface area contributed by atoms with Gasteiger partial charge in [0.15, 0.2) is 5.78 Å². The number of ketones is 1. The van der Waals surface area contributed by atoms with E-state index in [1.807, 2.05) is 0 Å². The second-order valence-corrected chi connectivity index (χ2v) is 7.91. The van der Waals surface area contributed by atoms with Gasteiger partial charge in [0.2, 0.25) is 0 Å². The van der Waals surface area contributed by atoms with Crippen LogP contribution in [0.3, 0.4) is 0 Å². The first-order chi connectivity index (χ1) is 13.2. The average Bonchev–Trinajstić information content (AvgIpc) is 2.68. The minimum absolute atomic E-state index is 0.224. The molecule has 3 heteroatoms. The molecule has 0 amide bonds. The zero-order chi connectivity index (χ0) is 20.0. The maximum Gasteiger partial charge on any atom is 0.163 e. The number of unbranched alkanes of at least 4 members (excludes halogenated alkanes) is 15. The molecule has 0 saturated heterocycles. The zero-order valence-corrected chi connectivity index (χ0v) is 18.0. The normalized spacial score (nSPS) is 12.7. The number of carbonyl (C=O) groups is 1. The maximum absolute atomic E-state index is 11.3. The van der Waals surface area contributed by atoms with E-state index in [9.17, 15) is 9.90 Å². The highest BCUT2D eigenvalue weighted by atomic mass is 16.3. The Morgan fingerprint density at radius 3 is 1.56 bits per heavy atom. The SMILES string of the molecule is CCCCCCCC/C=C\CCCCCCCCCCCC(=O)C(O)CO. The predicted octanol–water partition coefficient (Wildman–Crippen LogP) is 6.51. The average molecular weight is 383 g/mol. The van der Waals surface area contributed by atoms with Gasteiger partial charge < -0.3 is 10.2 Å². The summed E-state index contributed by atoms with van der Waals surface area (Å²) >= 11 is 0. The molecule has 0 aliphatic heterocycles. The summed E-state index contributed by atoms with van der Waals surface area (Å²) in [6.07, 6.45) is 25.7. The van der Waals surface area contributed by atoms with Crippen molar-refractivity contribution in [3.63, 3.8) is 0 Å². The van der Waals surface area contributed by atoms with Crippen LogP contribution < -0.4 is 0 Å². The van der Waals surface area contributed by atoms with Gasteiger partial charge in [0, 0.05) is 6.42 Å². The first kappa shape index (κ1) is 26.3. The van der Waals surface area contributed by atoms with E-state index in [1.165, 1.54) is 96.3 Å². The molecule has 0 aliphatic rings. The Bertz CT molecular complexity index is 339. The zero-order valence-electron chi connectivity index (χ0n) is 18.0. The third-order valence-electron chi connectivity index (χ3n) is 5.23. The van der Waals surface area contributed by atoms with Crippen LogP contribution >= 0.6 is 0 Å². The van der Waals surface area contributed by atoms with E-state index in [0.717, 1.165) is 12.8 Å². The lowest BCUT2D eigenvalue weighted by molar-refractivity contribution is -0.129. The Balaban J connectivity index is 3.16. The fraction of sp³-hybridized carbons (Fsp3) is 0.875. The van der Waals surface area contributed by atoms with Gasteiger partial charge in [-0.1, -0.05) is 96.1 Å². The Labute approximate surface area is 168 Å². The van der Waals surface area contributed by atoms with Crippen LogP contribution in [0.5, 0.6) is 0 Å². The molecule has 160 valence electrons. The van der Waals surface area contributed by atoms with Gasteiger partial charge in [0.05, 0.1) is 6.61 Å². The van der Waals surface area contributed by atoms with Gasteiger partial charge in [-0.3, -0.25) is 4.79 Å². The van der Waals surface area contributed by atoms with Crippen molar-refractivity contribution < 1.29 is 15.0 Å². The number of Topliss-reactive ketones (excluding diaryl/α,β-unsaturated/α-hetero) is 1. The largest absolute Gasteiger partial charge is 0.393 e. The summed E-state index contributed by atoms with van der Waals surface area (Å²) < 4.78 is 0. The molecule has 0 radical (unpaired) electrons. The fourth-order valence-electron chi connectivity index (χ4n) is 3.35. The maximum atomic E-state index is 11.3. The summed E-state index contributed by atoms with van der Waals surface area (Å²) in [4.78, 5) is 11.3. The molecule has 0 aromatic heterocycles. The van der Waals surface area contributed by atoms with E-state index in [1.54, 1.807) is 0 Å². The summed E-state index contributed by atoms with van der Waals surface area (Å²) in [6.45, 7) is 1.82. The quantitative estimate of drug-likeness (QED) is 0.176. The smallest absolute Gasteiger partial charge is 0.163 e. The van der Waals surface area contributed by atoms with E-state index in [0.29, 0.717) is 6.42 Å². The second kappa shape index (κ2) is 21.6. The molecular weight excluding hydrogens is 336 g/mol. The number of rotatable bonds is 21. The standard InChI is InChI=1S/C24H46O3/c1-2-3-4-5-6-7-8-9-10-11-12-13-14-15-16-17-18-19-20-21-23(26)24(27)22-25/h9-10,24-25,27H,2-8,11-22H2,1H3/b10-9-. The monoisotopic (exact) mass is 382 g/mol. The molecule has 0 heterocycles. The number of hydrogen-bond acceptors (Lipinski definition) is 3. The number of allylic oxidation sites excluding steroid dienone is 2. The van der Waals surface area contributed by atoms with Gasteiger partial charge >= 0.3 is 0 Å². The third kappa shape index (κ3) is 19.9. The lowest BCUT2D eigenvalue weighted by Crippen LogP contribution is -2.23. The van der Waals surface area contributed by atoms with Crippen molar-refractivity contribution in [2.75, 3.05) is 6.61 Å². The number of carbonyl (C=O) groups excluding carboxylic acids is 1. The van der Waals surface area contributed by atoms with Gasteiger partial charge in [-0.2, -0.15) is 0 Å². The summed E-state index contributed by atoms with van der Waals surface area (Å²) in [6, 6.07) is 0. The Morgan fingerprint density at radius 1 is 0.704 bits per heavy atom. The molecule has 27 heavy (non-hydrogen) atoms. The summed E-state index contributed by atoms with van der Waals surface area (Å²) in [7, 11) is 0. The number of aliphatic hydroxyl groups is 2. The summed E-state index contributed by atoms with van der Waals surface area (Å²) in [5.41, 5.74) is 0. The third-order valence-corrected chi connectivity index (χ3v) is 5.23. The molecule has 0 aromatic carbocycles. The topological polar surface area (TPSA) is 57.5 Å². The van der Waals surface area contributed by atoms with E-state index < -0.39 is 12.7 Å². The summed E-state index contributed by atoms with van der Waals surface area (Å²) in [5.74, 6) is -0.224. The molecule has 0 bridgehead atoms. The van der Waals surface area contributed by atoms with E-state index in [2.05, 4.69) is 19.1 Å². The van der Waals surface area contributed by atoms with Gasteiger partial charge in [-0.15, -0.1) is 0 Å². The number of hydrogen-bond donors (Lipinski definition) is 2. The molecule has 0 fully saturated rings. The van der Waals surface area contributed by atoms with Crippen LogP contribution in [0.25, 0.3) is 0 Å². The first-order valence-electron chi connectivity index (χ1n) is 11.7. The molecule has 0 rings (SSSR count). The lowest BCUT2D eigenvalue weighted by Gasteiger charge is -2.05. The van der Waals surface area contributed by atoms with Crippen LogP contribution in [-0.2, 0) is 4.79 Å². The van der Waals surface area contributed by atoms with Crippen molar-refractivity contribution in [3.8, 4) is 0 Å². The van der Waals surface area contributed by atoms with Crippen molar-refractivity contribution >= 4 is 5.78 Å². The van der Waals surface area contributed by atoms with Crippen molar-refractivity contribution in [3.05, 3.63) is 12.2 Å². The fourth-order valence-corrected chi connectivity index (χ4v) is 3.35. The minimum atomic E-state index is -1.17. The highest BCUT2D eigenvalue weighted by Crippen LogP contribution is 2.12. The van der Waals surface area contributed by atoms with Crippen molar-refractivity contribution in [2.45, 2.75) is 129 Å². The van der Waals surface area contributed by atoms with E-state index in [4.69, 9.17) is 5.11 Å². The molecule has 1 unspecified atom stereocenters. The molecule has 0 aliphatic carbocycles. The molecule has 1 atom stereocenters. The molecule has 2 N–H and O–H groups in total. The first-order valence-corrected chi connectivity index (χ1v) is 11.7. The van der Waals surface area contributed by atoms with Gasteiger partial charge in [-0.25, -0.2) is 0 Å². The van der Waals surface area contributed by atoms with Crippen molar-refractivity contribution in [1.82, 2.24) is 0 Å². The van der Waals surface area contributed by atoms with Crippen LogP contribution in [0.15, 0.2) is 12.2 Å². The van der Waals surface area contributed by atoms with Crippen molar-refractivity contribution in [2.24, 2.45) is 0 Å². The van der Waals surface area contributed by atoms with Gasteiger partial charge in [-0.05, 0) is 32.1 Å². The van der Waals surface area contributed by atoms with Crippen LogP contribution in [0.1, 0.15) is 122 Å². The van der Waals surface area contributed by atoms with Crippen LogP contribution in [0.2, 0.25) is 0 Å². The van der Waals surface area contributed by atoms with Crippen LogP contribution in [-0.4, -0.2) is 28.7 Å². The highest BCUT2D eigenvalue weighted by Gasteiger charge is 2.12. The molecule has 0 saturated carbocycles. The Hall–Kier alpha value is -0.670. The molecule has 0 aromatic rings. The van der Waals surface area contributed by atoms with Crippen LogP contribution in [0, 0.1) is 0 Å². The molecular formula is C24H46O3. The number of aliphatic hydroxyl groups excluding tert-OH is 2. The van der Waals surface area contributed by atoms with Gasteiger partial charge in [0.1, 0.15) is 6.10 Å². The van der Waals surface area contributed by atoms with Gasteiger partial charge in [0.25, 0.3) is 0 Å². The second-order valence-electron chi connectivity index (χ2n) is 7.91. The van der Waals surface area contributed by atoms with Crippen LogP contribution in [0.4, 0.5) is 0 Å². The summed E-state index contributed by atoms with van der Waals surface area (Å²) in [5, 5.41) is 17.9. The Kier molecular flexibility index (Phi) is 21.1. The van der Waals surface area contributed by atoms with Crippen molar-refractivity contribution in [1.29, 1.82) is 0 Å². The lowest BCUT2D eigenvalue weighted by atomic mass is 10.0. The predicted molar refractivity (Wildman–Crippen MR) is 116 cm³/mol.